The molecule has 2 rings (SSSR count). The normalized spacial score (nSPS) is 12.0. The van der Waals surface area contributed by atoms with Crippen LogP contribution in [-0.4, -0.2) is 18.6 Å². The average Bonchev–Trinajstić information content (AvgIpc) is 2.72. The van der Waals surface area contributed by atoms with E-state index in [4.69, 9.17) is 21.1 Å². The van der Waals surface area contributed by atoms with Gasteiger partial charge in [-0.1, -0.05) is 36.7 Å². The first-order valence-electron chi connectivity index (χ1n) is 9.53. The van der Waals surface area contributed by atoms with Crippen LogP contribution in [0.3, 0.4) is 0 Å². The number of halogens is 1. The summed E-state index contributed by atoms with van der Waals surface area (Å²) in [7, 11) is 0. The fraction of sp³-hybridized carbons (Fsp3) is 0.304. The van der Waals surface area contributed by atoms with Crippen molar-refractivity contribution >= 4 is 23.6 Å². The summed E-state index contributed by atoms with van der Waals surface area (Å²) in [6.07, 6.45) is 2.34. The quantitative estimate of drug-likeness (QED) is 0.457. The highest BCUT2D eigenvalue weighted by atomic mass is 35.5. The predicted molar refractivity (Wildman–Crippen MR) is 115 cm³/mol. The summed E-state index contributed by atoms with van der Waals surface area (Å²) in [5.74, 6) is 0.749. The standard InChI is InChI=1S/C23H25ClN2O3/c1-4-16(3)26-23(27)19(14-25)12-18-8-11-21(22(13-18)28-5-2)29-15-17-6-9-20(24)10-7-17/h6-13,16H,4-5,15H2,1-3H3,(H,26,27)/b19-12+/t16-/m0/s1. The Morgan fingerprint density at radius 1 is 1.17 bits per heavy atom. The molecule has 0 heterocycles. The van der Waals surface area contributed by atoms with Crippen LogP contribution >= 0.6 is 11.6 Å². The minimum Gasteiger partial charge on any atom is -0.490 e. The van der Waals surface area contributed by atoms with Crippen molar-refractivity contribution in [1.82, 2.24) is 5.32 Å². The SMILES string of the molecule is CCOc1cc(/C=C(\C#N)C(=O)N[C@@H](C)CC)ccc1OCc1ccc(Cl)cc1. The Labute approximate surface area is 176 Å². The van der Waals surface area contributed by atoms with Crippen LogP contribution in [0.15, 0.2) is 48.0 Å². The summed E-state index contributed by atoms with van der Waals surface area (Å²) in [5.41, 5.74) is 1.71. The van der Waals surface area contributed by atoms with Crippen molar-refractivity contribution < 1.29 is 14.3 Å². The van der Waals surface area contributed by atoms with Crippen molar-refractivity contribution in [2.75, 3.05) is 6.61 Å². The number of carbonyl (C=O) groups is 1. The van der Waals surface area contributed by atoms with E-state index in [-0.39, 0.29) is 17.5 Å². The minimum absolute atomic E-state index is 0.00174. The average molecular weight is 413 g/mol. The van der Waals surface area contributed by atoms with Gasteiger partial charge < -0.3 is 14.8 Å². The van der Waals surface area contributed by atoms with Gasteiger partial charge >= 0.3 is 0 Å². The van der Waals surface area contributed by atoms with Crippen molar-refractivity contribution in [1.29, 1.82) is 5.26 Å². The van der Waals surface area contributed by atoms with E-state index in [9.17, 15) is 10.1 Å². The summed E-state index contributed by atoms with van der Waals surface area (Å²) >= 11 is 5.91. The molecule has 0 saturated carbocycles. The topological polar surface area (TPSA) is 71.3 Å². The number of hydrogen-bond acceptors (Lipinski definition) is 4. The summed E-state index contributed by atoms with van der Waals surface area (Å²) in [6.45, 7) is 6.58. The molecule has 0 radical (unpaired) electrons. The predicted octanol–water partition coefficient (Wildman–Crippen LogP) is 5.14. The van der Waals surface area contributed by atoms with Gasteiger partial charge in [-0.15, -0.1) is 0 Å². The van der Waals surface area contributed by atoms with E-state index in [1.165, 1.54) is 0 Å². The third-order valence-corrected chi connectivity index (χ3v) is 4.49. The maximum absolute atomic E-state index is 12.2. The van der Waals surface area contributed by atoms with Crippen LogP contribution in [0.4, 0.5) is 0 Å². The molecule has 0 aliphatic carbocycles. The second kappa shape index (κ2) is 11.1. The third kappa shape index (κ3) is 6.85. The molecular weight excluding hydrogens is 388 g/mol. The molecule has 0 bridgehead atoms. The molecule has 0 fully saturated rings. The van der Waals surface area contributed by atoms with E-state index in [1.54, 1.807) is 24.3 Å². The Balaban J connectivity index is 2.19. The number of rotatable bonds is 9. The molecule has 1 N–H and O–H groups in total. The molecule has 152 valence electrons. The lowest BCUT2D eigenvalue weighted by Gasteiger charge is -2.13. The number of amides is 1. The first kappa shape index (κ1) is 22.3. The zero-order valence-electron chi connectivity index (χ0n) is 16.9. The molecule has 0 aliphatic heterocycles. The lowest BCUT2D eigenvalue weighted by molar-refractivity contribution is -0.117. The van der Waals surface area contributed by atoms with Crippen LogP contribution in [-0.2, 0) is 11.4 Å². The van der Waals surface area contributed by atoms with Gasteiger partial charge in [-0.3, -0.25) is 4.79 Å². The van der Waals surface area contributed by atoms with E-state index >= 15 is 0 Å². The zero-order chi connectivity index (χ0) is 21.2. The van der Waals surface area contributed by atoms with E-state index in [0.717, 1.165) is 12.0 Å². The lowest BCUT2D eigenvalue weighted by Crippen LogP contribution is -2.32. The van der Waals surface area contributed by atoms with Gasteiger partial charge in [0.05, 0.1) is 6.61 Å². The fourth-order valence-electron chi connectivity index (χ4n) is 2.46. The maximum Gasteiger partial charge on any atom is 0.262 e. The third-order valence-electron chi connectivity index (χ3n) is 4.24. The molecule has 1 amide bonds. The molecule has 0 aromatic heterocycles. The Morgan fingerprint density at radius 2 is 1.90 bits per heavy atom. The Hall–Kier alpha value is -2.97. The number of benzene rings is 2. The number of nitrogens with one attached hydrogen (secondary N) is 1. The van der Waals surface area contributed by atoms with Gasteiger partial charge in [0, 0.05) is 11.1 Å². The number of ether oxygens (including phenoxy) is 2. The number of hydrogen-bond donors (Lipinski definition) is 1. The smallest absolute Gasteiger partial charge is 0.262 e. The molecule has 6 heteroatoms. The van der Waals surface area contributed by atoms with Gasteiger partial charge in [0.2, 0.25) is 0 Å². The van der Waals surface area contributed by atoms with Gasteiger partial charge in [-0.2, -0.15) is 5.26 Å². The molecule has 2 aromatic rings. The lowest BCUT2D eigenvalue weighted by atomic mass is 10.1. The summed E-state index contributed by atoms with van der Waals surface area (Å²) in [6, 6.07) is 14.7. The molecular formula is C23H25ClN2O3. The minimum atomic E-state index is -0.386. The van der Waals surface area contributed by atoms with Crippen LogP contribution in [0.2, 0.25) is 5.02 Å². The van der Waals surface area contributed by atoms with Crippen molar-refractivity contribution in [2.45, 2.75) is 39.8 Å². The van der Waals surface area contributed by atoms with E-state index < -0.39 is 0 Å². The Morgan fingerprint density at radius 3 is 2.52 bits per heavy atom. The van der Waals surface area contributed by atoms with Crippen molar-refractivity contribution in [3.05, 3.63) is 64.2 Å². The van der Waals surface area contributed by atoms with Crippen LogP contribution in [0, 0.1) is 11.3 Å². The number of nitriles is 1. The van der Waals surface area contributed by atoms with Crippen molar-refractivity contribution in [2.24, 2.45) is 0 Å². The highest BCUT2D eigenvalue weighted by molar-refractivity contribution is 6.30. The molecule has 0 unspecified atom stereocenters. The molecule has 0 spiro atoms. The van der Waals surface area contributed by atoms with Gasteiger partial charge in [0.1, 0.15) is 18.2 Å². The maximum atomic E-state index is 12.2. The number of carbonyl (C=O) groups excluding carboxylic acids is 1. The molecule has 0 aliphatic rings. The highest BCUT2D eigenvalue weighted by Gasteiger charge is 2.13. The summed E-state index contributed by atoms with van der Waals surface area (Å²) in [5, 5.41) is 12.8. The Bertz CT molecular complexity index is 901. The van der Waals surface area contributed by atoms with Crippen molar-refractivity contribution in [3.8, 4) is 17.6 Å². The monoisotopic (exact) mass is 412 g/mol. The molecule has 2 aromatic carbocycles. The van der Waals surface area contributed by atoms with E-state index in [1.807, 2.05) is 51.1 Å². The first-order chi connectivity index (χ1) is 14.0. The second-order valence-electron chi connectivity index (χ2n) is 6.51. The van der Waals surface area contributed by atoms with Crippen LogP contribution in [0.5, 0.6) is 11.5 Å². The van der Waals surface area contributed by atoms with Crippen LogP contribution < -0.4 is 14.8 Å². The van der Waals surface area contributed by atoms with Gasteiger partial charge in [0.25, 0.3) is 5.91 Å². The Kier molecular flexibility index (Phi) is 8.57. The largest absolute Gasteiger partial charge is 0.490 e. The van der Waals surface area contributed by atoms with Gasteiger partial charge in [0.15, 0.2) is 11.5 Å². The van der Waals surface area contributed by atoms with Crippen LogP contribution in [0.1, 0.15) is 38.3 Å². The summed E-state index contributed by atoms with van der Waals surface area (Å²) < 4.78 is 11.6. The molecule has 5 nitrogen and oxygen atoms in total. The second-order valence-corrected chi connectivity index (χ2v) is 6.94. The van der Waals surface area contributed by atoms with Gasteiger partial charge in [-0.25, -0.2) is 0 Å². The molecule has 0 saturated heterocycles. The fourth-order valence-corrected chi connectivity index (χ4v) is 2.59. The van der Waals surface area contributed by atoms with Gasteiger partial charge in [-0.05, 0) is 61.7 Å². The number of nitrogens with zero attached hydrogens (tertiary/aromatic N) is 1. The van der Waals surface area contributed by atoms with Crippen LogP contribution in [0.25, 0.3) is 6.08 Å². The first-order valence-corrected chi connectivity index (χ1v) is 9.91. The zero-order valence-corrected chi connectivity index (χ0v) is 17.6. The van der Waals surface area contributed by atoms with E-state index in [0.29, 0.717) is 35.3 Å². The highest BCUT2D eigenvalue weighted by Crippen LogP contribution is 2.30. The molecule has 29 heavy (non-hydrogen) atoms. The van der Waals surface area contributed by atoms with E-state index in [2.05, 4.69) is 5.32 Å². The van der Waals surface area contributed by atoms with Crippen molar-refractivity contribution in [3.63, 3.8) is 0 Å². The summed E-state index contributed by atoms with van der Waals surface area (Å²) in [4.78, 5) is 12.2. The molecule has 1 atom stereocenters.